The summed E-state index contributed by atoms with van der Waals surface area (Å²) >= 11 is 0. The minimum atomic E-state index is -0.109. The van der Waals surface area contributed by atoms with Crippen molar-refractivity contribution in [1.82, 2.24) is 10.8 Å². The first-order valence-corrected chi connectivity index (χ1v) is 3.64. The summed E-state index contributed by atoms with van der Waals surface area (Å²) in [6, 6.07) is -0.109. The summed E-state index contributed by atoms with van der Waals surface area (Å²) < 4.78 is 0. The van der Waals surface area contributed by atoms with Crippen LogP contribution in [-0.2, 0) is 9.63 Å². The van der Waals surface area contributed by atoms with E-state index < -0.39 is 0 Å². The fraction of sp³-hybridized carbons (Fsp3) is 0.857. The summed E-state index contributed by atoms with van der Waals surface area (Å²) in [5.41, 5.74) is 2.36. The Hall–Kier alpha value is -0.610. The third kappa shape index (κ3) is 1.52. The fourth-order valence-corrected chi connectivity index (χ4v) is 1.22. The Morgan fingerprint density at radius 1 is 1.73 bits per heavy atom. The molecule has 2 N–H and O–H groups in total. The van der Waals surface area contributed by atoms with Gasteiger partial charge in [0.2, 0.25) is 0 Å². The monoisotopic (exact) mass is 158 g/mol. The van der Waals surface area contributed by atoms with Gasteiger partial charge in [-0.25, -0.2) is 5.48 Å². The minimum absolute atomic E-state index is 0.0581. The Morgan fingerprint density at radius 3 is 2.64 bits per heavy atom. The lowest BCUT2D eigenvalue weighted by molar-refractivity contribution is -0.140. The van der Waals surface area contributed by atoms with Crippen molar-refractivity contribution in [3.8, 4) is 0 Å². The van der Waals surface area contributed by atoms with E-state index in [0.717, 1.165) is 6.54 Å². The highest BCUT2D eigenvalue weighted by Gasteiger charge is 2.43. The molecule has 1 unspecified atom stereocenters. The first-order chi connectivity index (χ1) is 5.08. The molecule has 11 heavy (non-hydrogen) atoms. The van der Waals surface area contributed by atoms with Crippen molar-refractivity contribution in [3.63, 3.8) is 0 Å². The number of hydrogen-bond donors (Lipinski definition) is 2. The Bertz CT molecular complexity index is 168. The lowest BCUT2D eigenvalue weighted by Gasteiger charge is -2.43. The highest BCUT2D eigenvalue weighted by Crippen LogP contribution is 2.27. The van der Waals surface area contributed by atoms with Crippen LogP contribution in [0.1, 0.15) is 13.8 Å². The molecule has 0 bridgehead atoms. The number of rotatable bonds is 2. The third-order valence-electron chi connectivity index (χ3n) is 2.01. The van der Waals surface area contributed by atoms with Crippen LogP contribution in [0.25, 0.3) is 0 Å². The van der Waals surface area contributed by atoms with Crippen LogP contribution in [0.4, 0.5) is 0 Å². The largest absolute Gasteiger partial charge is 0.305 e. The van der Waals surface area contributed by atoms with E-state index in [9.17, 15) is 4.79 Å². The van der Waals surface area contributed by atoms with Crippen molar-refractivity contribution < 1.29 is 9.63 Å². The van der Waals surface area contributed by atoms with Crippen LogP contribution in [0.3, 0.4) is 0 Å². The highest BCUT2D eigenvalue weighted by atomic mass is 16.6. The number of amides is 1. The SMILES string of the molecule is CONC(=O)C1NCC1(C)C. The molecule has 4 nitrogen and oxygen atoms in total. The van der Waals surface area contributed by atoms with Gasteiger partial charge in [0.05, 0.1) is 13.2 Å². The molecule has 1 rings (SSSR count). The number of hydrogen-bond acceptors (Lipinski definition) is 3. The average Bonchev–Trinajstić information content (AvgIpc) is 1.86. The number of hydroxylamine groups is 1. The van der Waals surface area contributed by atoms with E-state index in [1.54, 1.807) is 0 Å². The molecule has 1 saturated heterocycles. The molecule has 0 saturated carbocycles. The molecule has 0 aromatic heterocycles. The maximum Gasteiger partial charge on any atom is 0.261 e. The number of carbonyl (C=O) groups excluding carboxylic acids is 1. The number of nitrogens with one attached hydrogen (secondary N) is 2. The van der Waals surface area contributed by atoms with Gasteiger partial charge < -0.3 is 5.32 Å². The summed E-state index contributed by atoms with van der Waals surface area (Å²) in [4.78, 5) is 15.7. The molecule has 0 aliphatic carbocycles. The van der Waals surface area contributed by atoms with Gasteiger partial charge in [0.1, 0.15) is 0 Å². The van der Waals surface area contributed by atoms with Crippen LogP contribution in [0.15, 0.2) is 0 Å². The van der Waals surface area contributed by atoms with E-state index in [-0.39, 0.29) is 17.4 Å². The Morgan fingerprint density at radius 2 is 2.36 bits per heavy atom. The van der Waals surface area contributed by atoms with Crippen LogP contribution >= 0.6 is 0 Å². The van der Waals surface area contributed by atoms with Gasteiger partial charge in [-0.15, -0.1) is 0 Å². The van der Waals surface area contributed by atoms with E-state index in [4.69, 9.17) is 0 Å². The quantitative estimate of drug-likeness (QED) is 0.541. The van der Waals surface area contributed by atoms with Gasteiger partial charge in [-0.05, 0) is 0 Å². The van der Waals surface area contributed by atoms with Crippen LogP contribution < -0.4 is 10.8 Å². The van der Waals surface area contributed by atoms with Crippen LogP contribution in [0.2, 0.25) is 0 Å². The lowest BCUT2D eigenvalue weighted by Crippen LogP contribution is -2.65. The zero-order valence-corrected chi connectivity index (χ0v) is 7.10. The van der Waals surface area contributed by atoms with E-state index in [1.165, 1.54) is 7.11 Å². The van der Waals surface area contributed by atoms with Gasteiger partial charge in [0, 0.05) is 12.0 Å². The maximum absolute atomic E-state index is 11.1. The number of carbonyl (C=O) groups is 1. The zero-order valence-electron chi connectivity index (χ0n) is 7.10. The molecule has 1 heterocycles. The van der Waals surface area contributed by atoms with Gasteiger partial charge >= 0.3 is 0 Å². The summed E-state index contributed by atoms with van der Waals surface area (Å²) in [6.07, 6.45) is 0. The molecule has 1 aliphatic rings. The third-order valence-corrected chi connectivity index (χ3v) is 2.01. The van der Waals surface area contributed by atoms with Gasteiger partial charge in [-0.2, -0.15) is 0 Å². The molecule has 0 spiro atoms. The van der Waals surface area contributed by atoms with Gasteiger partial charge in [0.25, 0.3) is 5.91 Å². The van der Waals surface area contributed by atoms with Crippen LogP contribution in [0.5, 0.6) is 0 Å². The highest BCUT2D eigenvalue weighted by molar-refractivity contribution is 5.82. The summed E-state index contributed by atoms with van der Waals surface area (Å²) in [7, 11) is 1.43. The Labute approximate surface area is 66.3 Å². The summed E-state index contributed by atoms with van der Waals surface area (Å²) in [5.74, 6) is -0.0937. The van der Waals surface area contributed by atoms with Crippen molar-refractivity contribution in [2.45, 2.75) is 19.9 Å². The lowest BCUT2D eigenvalue weighted by atomic mass is 9.77. The molecule has 1 atom stereocenters. The Kier molecular flexibility index (Phi) is 2.15. The normalized spacial score (nSPS) is 27.4. The second kappa shape index (κ2) is 2.79. The standard InChI is InChI=1S/C7H14N2O2/c1-7(2)4-8-5(7)6(10)9-11-3/h5,8H,4H2,1-3H3,(H,9,10). The molecule has 1 amide bonds. The average molecular weight is 158 g/mol. The molecule has 1 fully saturated rings. The summed E-state index contributed by atoms with van der Waals surface area (Å²) in [6.45, 7) is 4.97. The van der Waals surface area contributed by atoms with Crippen LogP contribution in [-0.4, -0.2) is 25.6 Å². The molecule has 1 aliphatic heterocycles. The first-order valence-electron chi connectivity index (χ1n) is 3.64. The molecular weight excluding hydrogens is 144 g/mol. The topological polar surface area (TPSA) is 50.4 Å². The molecule has 0 aromatic carbocycles. The molecule has 0 aromatic rings. The van der Waals surface area contributed by atoms with E-state index >= 15 is 0 Å². The Balaban J connectivity index is 2.43. The smallest absolute Gasteiger partial charge is 0.261 e. The van der Waals surface area contributed by atoms with Gasteiger partial charge in [0.15, 0.2) is 0 Å². The second-order valence-corrected chi connectivity index (χ2v) is 3.47. The van der Waals surface area contributed by atoms with Crippen molar-refractivity contribution >= 4 is 5.91 Å². The van der Waals surface area contributed by atoms with E-state index in [2.05, 4.69) is 15.6 Å². The van der Waals surface area contributed by atoms with Crippen molar-refractivity contribution in [1.29, 1.82) is 0 Å². The molecule has 4 heteroatoms. The molecule has 64 valence electrons. The van der Waals surface area contributed by atoms with Crippen molar-refractivity contribution in [3.05, 3.63) is 0 Å². The van der Waals surface area contributed by atoms with Gasteiger partial charge in [-0.3, -0.25) is 9.63 Å². The van der Waals surface area contributed by atoms with E-state index in [0.29, 0.717) is 0 Å². The molecular formula is C7H14N2O2. The fourth-order valence-electron chi connectivity index (χ4n) is 1.22. The van der Waals surface area contributed by atoms with Gasteiger partial charge in [-0.1, -0.05) is 13.8 Å². The predicted molar refractivity (Wildman–Crippen MR) is 40.7 cm³/mol. The summed E-state index contributed by atoms with van der Waals surface area (Å²) in [5, 5.41) is 3.03. The maximum atomic E-state index is 11.1. The van der Waals surface area contributed by atoms with Crippen LogP contribution in [0, 0.1) is 5.41 Å². The predicted octanol–water partition coefficient (Wildman–Crippen LogP) is -0.338. The van der Waals surface area contributed by atoms with E-state index in [1.807, 2.05) is 13.8 Å². The second-order valence-electron chi connectivity index (χ2n) is 3.47. The zero-order chi connectivity index (χ0) is 8.48. The first kappa shape index (κ1) is 8.49. The van der Waals surface area contributed by atoms with Crippen molar-refractivity contribution in [2.75, 3.05) is 13.7 Å². The minimum Gasteiger partial charge on any atom is -0.305 e. The van der Waals surface area contributed by atoms with Crippen molar-refractivity contribution in [2.24, 2.45) is 5.41 Å². The molecule has 0 radical (unpaired) electrons.